The van der Waals surface area contributed by atoms with E-state index in [1.807, 2.05) is 29.8 Å². The number of carbonyl (C=O) groups is 1. The Labute approximate surface area is 178 Å². The van der Waals surface area contributed by atoms with E-state index in [2.05, 4.69) is 4.98 Å². The highest BCUT2D eigenvalue weighted by atomic mass is 35.5. The van der Waals surface area contributed by atoms with Crippen LogP contribution in [0.15, 0.2) is 65.8 Å². The zero-order valence-corrected chi connectivity index (χ0v) is 17.1. The van der Waals surface area contributed by atoms with Gasteiger partial charge in [-0.1, -0.05) is 35.9 Å². The second-order valence-electron chi connectivity index (χ2n) is 7.14. The lowest BCUT2D eigenvalue weighted by atomic mass is 10.0. The van der Waals surface area contributed by atoms with E-state index in [4.69, 9.17) is 16.7 Å². The van der Waals surface area contributed by atoms with Gasteiger partial charge in [0.25, 0.3) is 5.56 Å². The van der Waals surface area contributed by atoms with Crippen molar-refractivity contribution in [3.8, 4) is 0 Å². The number of nitrogens with zero attached hydrogens (tertiary/aromatic N) is 3. The summed E-state index contributed by atoms with van der Waals surface area (Å²) >= 11 is 5.89. The van der Waals surface area contributed by atoms with Crippen LogP contribution in [-0.4, -0.2) is 31.6 Å². The molecule has 4 aromatic rings. The number of aliphatic hydroxyl groups excluding tert-OH is 1. The Morgan fingerprint density at radius 1 is 1.03 bits per heavy atom. The van der Waals surface area contributed by atoms with Gasteiger partial charge in [-0.15, -0.1) is 0 Å². The van der Waals surface area contributed by atoms with Crippen LogP contribution in [0.4, 0.5) is 0 Å². The minimum absolute atomic E-state index is 0.0634. The number of benzene rings is 2. The van der Waals surface area contributed by atoms with Crippen LogP contribution in [0.5, 0.6) is 0 Å². The number of aromatic nitrogens is 3. The summed E-state index contributed by atoms with van der Waals surface area (Å²) in [5.41, 5.74) is 3.45. The average Bonchev–Trinajstić information content (AvgIpc) is 3.06. The van der Waals surface area contributed by atoms with Crippen molar-refractivity contribution in [3.05, 3.63) is 98.7 Å². The third kappa shape index (κ3) is 3.79. The number of rotatable bonds is 6. The van der Waals surface area contributed by atoms with Gasteiger partial charge in [-0.25, -0.2) is 4.98 Å². The zero-order valence-electron chi connectivity index (χ0n) is 16.4. The van der Waals surface area contributed by atoms with Gasteiger partial charge in [-0.05, 0) is 42.3 Å². The van der Waals surface area contributed by atoms with Crippen molar-refractivity contribution in [1.29, 1.82) is 0 Å². The van der Waals surface area contributed by atoms with Gasteiger partial charge < -0.3 is 9.67 Å². The topological polar surface area (TPSA) is 77.1 Å². The first-order chi connectivity index (χ1) is 14.5. The summed E-state index contributed by atoms with van der Waals surface area (Å²) in [5, 5.41) is 10.3. The fourth-order valence-corrected chi connectivity index (χ4v) is 3.64. The van der Waals surface area contributed by atoms with Gasteiger partial charge in [0, 0.05) is 28.9 Å². The molecule has 1 N–H and O–H groups in total. The summed E-state index contributed by atoms with van der Waals surface area (Å²) in [7, 11) is 0. The summed E-state index contributed by atoms with van der Waals surface area (Å²) < 4.78 is 3.34. The van der Waals surface area contributed by atoms with Crippen molar-refractivity contribution < 1.29 is 9.90 Å². The summed E-state index contributed by atoms with van der Waals surface area (Å²) in [6.45, 7) is 2.50. The number of aryl methyl sites for hydroxylation is 1. The van der Waals surface area contributed by atoms with E-state index in [-0.39, 0.29) is 24.5 Å². The minimum atomic E-state index is -0.158. The molecule has 0 unspecified atom stereocenters. The summed E-state index contributed by atoms with van der Waals surface area (Å²) in [6.07, 6.45) is 3.36. The molecule has 0 spiro atoms. The molecular formula is C23H20ClN3O3. The van der Waals surface area contributed by atoms with Crippen LogP contribution in [-0.2, 0) is 13.1 Å². The number of aliphatic hydroxyl groups is 1. The summed E-state index contributed by atoms with van der Waals surface area (Å²) in [6, 6.07) is 14.2. The van der Waals surface area contributed by atoms with E-state index >= 15 is 0 Å². The third-order valence-corrected chi connectivity index (χ3v) is 5.30. The molecular weight excluding hydrogens is 402 g/mol. The Balaban J connectivity index is 1.60. The largest absolute Gasteiger partial charge is 0.395 e. The van der Waals surface area contributed by atoms with E-state index in [1.165, 1.54) is 10.9 Å². The Bertz CT molecular complexity index is 1270. The maximum atomic E-state index is 12.6. The lowest BCUT2D eigenvalue weighted by Gasteiger charge is -2.08. The molecule has 2 aromatic carbocycles. The average molecular weight is 422 g/mol. The Kier molecular flexibility index (Phi) is 5.53. The van der Waals surface area contributed by atoms with Gasteiger partial charge in [0.1, 0.15) is 5.65 Å². The van der Waals surface area contributed by atoms with E-state index in [1.54, 1.807) is 36.4 Å². The molecule has 4 rings (SSSR count). The third-order valence-electron chi connectivity index (χ3n) is 5.05. The molecule has 0 radical (unpaired) electrons. The predicted octanol–water partition coefficient (Wildman–Crippen LogP) is 3.43. The van der Waals surface area contributed by atoms with Gasteiger partial charge in [0.15, 0.2) is 5.78 Å². The number of ketones is 1. The zero-order chi connectivity index (χ0) is 21.3. The molecule has 0 saturated heterocycles. The second kappa shape index (κ2) is 8.26. The Hall–Kier alpha value is -3.22. The lowest BCUT2D eigenvalue weighted by molar-refractivity contribution is 0.103. The maximum absolute atomic E-state index is 12.6. The molecule has 0 aliphatic rings. The monoisotopic (exact) mass is 421 g/mol. The summed E-state index contributed by atoms with van der Waals surface area (Å²) in [4.78, 5) is 29.7. The first kappa shape index (κ1) is 20.1. The lowest BCUT2D eigenvalue weighted by Crippen LogP contribution is -2.22. The molecule has 0 aliphatic carbocycles. The van der Waals surface area contributed by atoms with Gasteiger partial charge in [-0.2, -0.15) is 0 Å². The first-order valence-electron chi connectivity index (χ1n) is 9.53. The second-order valence-corrected chi connectivity index (χ2v) is 7.57. The van der Waals surface area contributed by atoms with Crippen LogP contribution >= 0.6 is 11.6 Å². The first-order valence-corrected chi connectivity index (χ1v) is 9.90. The van der Waals surface area contributed by atoms with Crippen molar-refractivity contribution in [2.75, 3.05) is 6.61 Å². The fourth-order valence-electron chi connectivity index (χ4n) is 3.52. The van der Waals surface area contributed by atoms with Crippen molar-refractivity contribution in [3.63, 3.8) is 0 Å². The van der Waals surface area contributed by atoms with Crippen LogP contribution in [0.25, 0.3) is 11.0 Å². The van der Waals surface area contributed by atoms with Gasteiger partial charge >= 0.3 is 0 Å². The molecule has 0 amide bonds. The molecule has 0 atom stereocenters. The van der Waals surface area contributed by atoms with E-state index in [0.717, 1.165) is 11.1 Å². The van der Waals surface area contributed by atoms with Crippen molar-refractivity contribution in [2.24, 2.45) is 0 Å². The molecule has 0 aliphatic heterocycles. The standard InChI is InChI=1S/C23H20ClN3O3/c1-15-12-27(22-20(15)23(30)26(10-11-28)14-25-22)13-16-2-4-17(5-3-16)21(29)18-6-8-19(24)9-7-18/h2-9,12,14,28H,10-11,13H2,1H3. The van der Waals surface area contributed by atoms with Crippen molar-refractivity contribution >= 4 is 28.4 Å². The van der Waals surface area contributed by atoms with Gasteiger partial charge in [-0.3, -0.25) is 14.2 Å². The molecule has 30 heavy (non-hydrogen) atoms. The molecule has 2 aromatic heterocycles. The van der Waals surface area contributed by atoms with E-state index in [0.29, 0.717) is 33.7 Å². The maximum Gasteiger partial charge on any atom is 0.263 e. The highest BCUT2D eigenvalue weighted by Crippen LogP contribution is 2.18. The number of hydrogen-bond donors (Lipinski definition) is 1. The molecule has 7 heteroatoms. The normalized spacial score (nSPS) is 11.2. The van der Waals surface area contributed by atoms with Crippen LogP contribution in [0.2, 0.25) is 5.02 Å². The van der Waals surface area contributed by atoms with Crippen LogP contribution in [0.3, 0.4) is 0 Å². The number of halogens is 1. The van der Waals surface area contributed by atoms with Crippen LogP contribution < -0.4 is 5.56 Å². The quantitative estimate of drug-likeness (QED) is 0.484. The number of carbonyl (C=O) groups excluding carboxylic acids is 1. The SMILES string of the molecule is Cc1cn(Cc2ccc(C(=O)c3ccc(Cl)cc3)cc2)c2ncn(CCO)c(=O)c12. The number of hydrogen-bond acceptors (Lipinski definition) is 4. The van der Waals surface area contributed by atoms with Gasteiger partial charge in [0.2, 0.25) is 0 Å². The molecule has 0 saturated carbocycles. The summed E-state index contributed by atoms with van der Waals surface area (Å²) in [5.74, 6) is -0.0634. The van der Waals surface area contributed by atoms with Crippen LogP contribution in [0, 0.1) is 6.92 Å². The van der Waals surface area contributed by atoms with Gasteiger partial charge in [0.05, 0.1) is 24.9 Å². The smallest absolute Gasteiger partial charge is 0.263 e. The fraction of sp³-hybridized carbons (Fsp3) is 0.174. The van der Waals surface area contributed by atoms with E-state index in [9.17, 15) is 9.59 Å². The van der Waals surface area contributed by atoms with Crippen molar-refractivity contribution in [1.82, 2.24) is 14.1 Å². The predicted molar refractivity (Wildman–Crippen MR) is 116 cm³/mol. The molecule has 2 heterocycles. The van der Waals surface area contributed by atoms with E-state index < -0.39 is 0 Å². The van der Waals surface area contributed by atoms with Crippen molar-refractivity contribution in [2.45, 2.75) is 20.0 Å². The Morgan fingerprint density at radius 3 is 2.30 bits per heavy atom. The Morgan fingerprint density at radius 2 is 1.67 bits per heavy atom. The highest BCUT2D eigenvalue weighted by molar-refractivity contribution is 6.30. The van der Waals surface area contributed by atoms with Crippen LogP contribution in [0.1, 0.15) is 27.0 Å². The molecule has 0 fully saturated rings. The molecule has 152 valence electrons. The number of fused-ring (bicyclic) bond motifs is 1. The minimum Gasteiger partial charge on any atom is -0.395 e. The molecule has 6 nitrogen and oxygen atoms in total. The highest BCUT2D eigenvalue weighted by Gasteiger charge is 2.13. The molecule has 0 bridgehead atoms.